The zero-order valence-corrected chi connectivity index (χ0v) is 24.1. The molecule has 4 N–H and O–H groups in total. The van der Waals surface area contributed by atoms with Crippen LogP contribution in [-0.2, 0) is 9.47 Å². The van der Waals surface area contributed by atoms with Crippen LogP contribution in [0.4, 0.5) is 34.8 Å². The average molecular weight is 605 g/mol. The normalized spacial score (nSPS) is 11.6. The van der Waals surface area contributed by atoms with Crippen molar-refractivity contribution in [3.05, 3.63) is 46.3 Å². The summed E-state index contributed by atoms with van der Waals surface area (Å²) in [5.41, 5.74) is 14.5. The molecular weight excluding hydrogens is 580 g/mol. The summed E-state index contributed by atoms with van der Waals surface area (Å²) in [5, 5.41) is 32.5. The summed E-state index contributed by atoms with van der Waals surface area (Å²) in [6.45, 7) is 6.45. The fourth-order valence-corrected chi connectivity index (χ4v) is 3.96. The Bertz CT molecular complexity index is 1830. The highest BCUT2D eigenvalue weighted by molar-refractivity contribution is 5.95. The van der Waals surface area contributed by atoms with Crippen molar-refractivity contribution in [1.29, 1.82) is 0 Å². The molecule has 0 aliphatic heterocycles. The molecule has 0 fully saturated rings. The SMILES string of the molecule is COC(=O)c1c(C)noc1N=Nc1c(C)nn(-c2cc(-n3nc(C)c(N=Nc4onc(C)c4C(=O)OC)c3N)ncn2)c1N. The Morgan fingerprint density at radius 1 is 0.705 bits per heavy atom. The first-order valence-corrected chi connectivity index (χ1v) is 12.5. The second kappa shape index (κ2) is 11.5. The van der Waals surface area contributed by atoms with Gasteiger partial charge in [-0.15, -0.1) is 20.5 Å². The molecule has 20 heteroatoms. The maximum Gasteiger partial charge on any atom is 0.345 e. The van der Waals surface area contributed by atoms with Crippen LogP contribution >= 0.6 is 0 Å². The number of nitrogen functional groups attached to an aromatic ring is 2. The minimum Gasteiger partial charge on any atom is -0.465 e. The van der Waals surface area contributed by atoms with E-state index < -0.39 is 11.9 Å². The fourth-order valence-electron chi connectivity index (χ4n) is 3.96. The second-order valence-electron chi connectivity index (χ2n) is 8.98. The average Bonchev–Trinajstić information content (AvgIpc) is 3.73. The van der Waals surface area contributed by atoms with Gasteiger partial charge in [0.05, 0.1) is 37.0 Å². The van der Waals surface area contributed by atoms with Crippen molar-refractivity contribution in [3.63, 3.8) is 0 Å². The topological polar surface area (TPSA) is 268 Å². The van der Waals surface area contributed by atoms with Crippen molar-refractivity contribution in [3.8, 4) is 11.6 Å². The quantitative estimate of drug-likeness (QED) is 0.189. The number of nitrogens with zero attached hydrogens (tertiary/aromatic N) is 12. The monoisotopic (exact) mass is 604 g/mol. The number of hydrogen-bond acceptors (Lipinski definition) is 18. The van der Waals surface area contributed by atoms with Gasteiger partial charge in [0.2, 0.25) is 0 Å². The predicted molar refractivity (Wildman–Crippen MR) is 148 cm³/mol. The third-order valence-electron chi connectivity index (χ3n) is 6.15. The number of aromatic nitrogens is 8. The van der Waals surface area contributed by atoms with Crippen LogP contribution in [0.5, 0.6) is 0 Å². The lowest BCUT2D eigenvalue weighted by atomic mass is 10.2. The van der Waals surface area contributed by atoms with Gasteiger partial charge >= 0.3 is 11.9 Å². The number of anilines is 2. The Balaban J connectivity index is 1.46. The molecule has 0 radical (unpaired) electrons. The Labute approximate surface area is 246 Å². The Morgan fingerprint density at radius 2 is 1.11 bits per heavy atom. The number of nitrogens with two attached hydrogens (primary N) is 2. The minimum atomic E-state index is -0.677. The van der Waals surface area contributed by atoms with E-state index in [4.69, 9.17) is 30.0 Å². The summed E-state index contributed by atoms with van der Waals surface area (Å²) < 4.78 is 22.3. The smallest absolute Gasteiger partial charge is 0.345 e. The second-order valence-corrected chi connectivity index (χ2v) is 8.98. The molecule has 0 bridgehead atoms. The van der Waals surface area contributed by atoms with Crippen LogP contribution in [0, 0.1) is 27.7 Å². The van der Waals surface area contributed by atoms with Gasteiger partial charge in [-0.1, -0.05) is 10.3 Å². The van der Waals surface area contributed by atoms with Crippen molar-refractivity contribution in [2.45, 2.75) is 27.7 Å². The van der Waals surface area contributed by atoms with E-state index in [9.17, 15) is 9.59 Å². The number of methoxy groups -OCH3 is 2. The van der Waals surface area contributed by atoms with Gasteiger partial charge < -0.3 is 30.0 Å². The molecule has 5 rings (SSSR count). The van der Waals surface area contributed by atoms with Crippen molar-refractivity contribution < 1.29 is 28.1 Å². The number of carbonyl (C=O) groups excluding carboxylic acids is 2. The molecule has 0 amide bonds. The molecule has 0 saturated carbocycles. The lowest BCUT2D eigenvalue weighted by Crippen LogP contribution is -2.09. The van der Waals surface area contributed by atoms with Gasteiger partial charge in [-0.05, 0) is 27.7 Å². The molecule has 5 heterocycles. The van der Waals surface area contributed by atoms with Gasteiger partial charge in [-0.3, -0.25) is 0 Å². The number of carbonyl (C=O) groups is 2. The summed E-state index contributed by atoms with van der Waals surface area (Å²) >= 11 is 0. The lowest BCUT2D eigenvalue weighted by Gasteiger charge is -2.06. The van der Waals surface area contributed by atoms with E-state index in [2.05, 4.69) is 50.9 Å². The minimum absolute atomic E-state index is 0.0335. The molecule has 0 aromatic carbocycles. The van der Waals surface area contributed by atoms with Crippen LogP contribution in [0.2, 0.25) is 0 Å². The fraction of sp³-hybridized carbons (Fsp3) is 0.250. The number of esters is 2. The number of hydrogen-bond donors (Lipinski definition) is 2. The predicted octanol–water partition coefficient (Wildman–Crippen LogP) is 3.63. The molecule has 5 aromatic heterocycles. The Morgan fingerprint density at radius 3 is 1.50 bits per heavy atom. The zero-order valence-electron chi connectivity index (χ0n) is 24.1. The van der Waals surface area contributed by atoms with Crippen LogP contribution in [-0.4, -0.2) is 66.0 Å². The standard InChI is InChI=1S/C24H24N14O6/c1-9-15(23(39)41-5)21(43-35-9)31-29-17-11(3)33-37(19(17)25)13-7-14(28-8-27-13)38-20(26)18(12(4)34-38)30-32-22-16(24(40)42-6)10(2)36-44-22/h7-8H,25-26H2,1-6H3. The molecule has 44 heavy (non-hydrogen) atoms. The van der Waals surface area contributed by atoms with Gasteiger partial charge in [0.15, 0.2) is 45.8 Å². The van der Waals surface area contributed by atoms with E-state index in [0.29, 0.717) is 11.4 Å². The van der Waals surface area contributed by atoms with E-state index >= 15 is 0 Å². The maximum absolute atomic E-state index is 12.1. The number of ether oxygens (including phenoxy) is 2. The number of aryl methyl sites for hydroxylation is 4. The van der Waals surface area contributed by atoms with Crippen molar-refractivity contribution >= 4 is 46.7 Å². The highest BCUT2D eigenvalue weighted by Crippen LogP contribution is 2.34. The van der Waals surface area contributed by atoms with E-state index in [-0.39, 0.29) is 68.9 Å². The van der Waals surface area contributed by atoms with Crippen LogP contribution in [0.25, 0.3) is 11.6 Å². The number of azo groups is 2. The molecule has 5 aromatic rings. The van der Waals surface area contributed by atoms with E-state index in [0.717, 1.165) is 0 Å². The molecule has 0 spiro atoms. The highest BCUT2D eigenvalue weighted by Gasteiger charge is 2.24. The maximum atomic E-state index is 12.1. The summed E-state index contributed by atoms with van der Waals surface area (Å²) in [7, 11) is 2.45. The molecule has 226 valence electrons. The summed E-state index contributed by atoms with van der Waals surface area (Å²) in [6.07, 6.45) is 1.26. The van der Waals surface area contributed by atoms with Gasteiger partial charge in [0, 0.05) is 6.07 Å². The first-order valence-electron chi connectivity index (χ1n) is 12.5. The largest absolute Gasteiger partial charge is 0.465 e. The third-order valence-corrected chi connectivity index (χ3v) is 6.15. The first kappa shape index (κ1) is 29.2. The first-order chi connectivity index (χ1) is 21.0. The molecule has 0 aliphatic rings. The molecule has 0 atom stereocenters. The zero-order chi connectivity index (χ0) is 31.7. The summed E-state index contributed by atoms with van der Waals surface area (Å²) in [4.78, 5) is 32.6. The van der Waals surface area contributed by atoms with Crippen molar-refractivity contribution in [2.24, 2.45) is 20.5 Å². The number of rotatable bonds is 8. The van der Waals surface area contributed by atoms with Crippen LogP contribution in [0.3, 0.4) is 0 Å². The third kappa shape index (κ3) is 5.10. The van der Waals surface area contributed by atoms with Gasteiger partial charge in [-0.25, -0.2) is 19.6 Å². The van der Waals surface area contributed by atoms with Gasteiger partial charge in [0.25, 0.3) is 11.8 Å². The molecular formula is C24H24N14O6. The van der Waals surface area contributed by atoms with E-state index in [1.54, 1.807) is 27.7 Å². The lowest BCUT2D eigenvalue weighted by molar-refractivity contribution is 0.0591. The van der Waals surface area contributed by atoms with Gasteiger partial charge in [0.1, 0.15) is 6.33 Å². The summed E-state index contributed by atoms with van der Waals surface area (Å²) in [6, 6.07) is 1.53. The Hall–Kier alpha value is -6.34. The highest BCUT2D eigenvalue weighted by atomic mass is 16.5. The molecule has 0 unspecified atom stereocenters. The Kier molecular flexibility index (Phi) is 7.62. The van der Waals surface area contributed by atoms with Crippen molar-refractivity contribution in [2.75, 3.05) is 25.7 Å². The van der Waals surface area contributed by atoms with Crippen LogP contribution in [0.1, 0.15) is 43.5 Å². The molecule has 0 aliphatic carbocycles. The van der Waals surface area contributed by atoms with Gasteiger partial charge in [-0.2, -0.15) is 19.6 Å². The van der Waals surface area contributed by atoms with Crippen LogP contribution < -0.4 is 11.5 Å². The molecule has 20 nitrogen and oxygen atoms in total. The molecule has 0 saturated heterocycles. The van der Waals surface area contributed by atoms with Crippen molar-refractivity contribution in [1.82, 2.24) is 39.8 Å². The summed E-state index contributed by atoms with van der Waals surface area (Å²) in [5.74, 6) is -1.00. The van der Waals surface area contributed by atoms with Crippen LogP contribution in [0.15, 0.2) is 41.9 Å². The van der Waals surface area contributed by atoms with E-state index in [1.165, 1.54) is 36.0 Å². The van der Waals surface area contributed by atoms with E-state index in [1.807, 2.05) is 0 Å².